The Hall–Kier alpha value is -1.75. The standard InChI is InChI=1S/C13H16N4S/c1-9(2)12-15-16-13(18)17(12)14-8-11-6-4-10(3)5-7-11/h4-9H,1-3H3,(H,16,18)/b14-8+. The van der Waals surface area contributed by atoms with Crippen molar-refractivity contribution >= 4 is 18.4 Å². The Kier molecular flexibility index (Phi) is 3.72. The van der Waals surface area contributed by atoms with Crippen molar-refractivity contribution in [1.29, 1.82) is 0 Å². The Morgan fingerprint density at radius 2 is 2.00 bits per heavy atom. The SMILES string of the molecule is Cc1ccc(/C=N/n2c(C(C)C)n[nH]c2=S)cc1. The molecular formula is C13H16N4S. The fraction of sp³-hybridized carbons (Fsp3) is 0.308. The highest BCUT2D eigenvalue weighted by Crippen LogP contribution is 2.11. The van der Waals surface area contributed by atoms with Crippen LogP contribution in [0.4, 0.5) is 0 Å². The van der Waals surface area contributed by atoms with Gasteiger partial charge in [-0.1, -0.05) is 43.7 Å². The number of hydrogen-bond acceptors (Lipinski definition) is 3. The lowest BCUT2D eigenvalue weighted by Crippen LogP contribution is -2.00. The van der Waals surface area contributed by atoms with Crippen LogP contribution in [0.2, 0.25) is 0 Å². The Morgan fingerprint density at radius 1 is 1.33 bits per heavy atom. The van der Waals surface area contributed by atoms with Crippen molar-refractivity contribution in [3.8, 4) is 0 Å². The molecule has 1 heterocycles. The molecule has 0 aliphatic heterocycles. The molecule has 0 amide bonds. The Labute approximate surface area is 111 Å². The van der Waals surface area contributed by atoms with Crippen molar-refractivity contribution in [1.82, 2.24) is 14.9 Å². The van der Waals surface area contributed by atoms with Crippen LogP contribution in [0.1, 0.15) is 36.7 Å². The predicted octanol–water partition coefficient (Wildman–Crippen LogP) is 3.25. The Bertz CT molecular complexity index is 605. The summed E-state index contributed by atoms with van der Waals surface area (Å²) in [6.07, 6.45) is 1.79. The normalized spacial score (nSPS) is 11.6. The van der Waals surface area contributed by atoms with Crippen molar-refractivity contribution < 1.29 is 0 Å². The van der Waals surface area contributed by atoms with Crippen LogP contribution < -0.4 is 0 Å². The van der Waals surface area contributed by atoms with Gasteiger partial charge in [-0.2, -0.15) is 14.9 Å². The first kappa shape index (κ1) is 12.7. The summed E-state index contributed by atoms with van der Waals surface area (Å²) < 4.78 is 2.18. The highest BCUT2D eigenvalue weighted by atomic mass is 32.1. The monoisotopic (exact) mass is 260 g/mol. The van der Waals surface area contributed by atoms with E-state index in [1.165, 1.54) is 5.56 Å². The van der Waals surface area contributed by atoms with Gasteiger partial charge in [-0.3, -0.25) is 5.10 Å². The van der Waals surface area contributed by atoms with Gasteiger partial charge in [0.1, 0.15) is 0 Å². The maximum Gasteiger partial charge on any atom is 0.216 e. The van der Waals surface area contributed by atoms with Crippen molar-refractivity contribution in [2.45, 2.75) is 26.7 Å². The molecule has 0 bridgehead atoms. The van der Waals surface area contributed by atoms with E-state index in [1.54, 1.807) is 10.9 Å². The van der Waals surface area contributed by atoms with Crippen molar-refractivity contribution in [2.24, 2.45) is 5.10 Å². The van der Waals surface area contributed by atoms with Crippen molar-refractivity contribution in [3.63, 3.8) is 0 Å². The van der Waals surface area contributed by atoms with Gasteiger partial charge in [-0.25, -0.2) is 0 Å². The van der Waals surface area contributed by atoms with Crippen molar-refractivity contribution in [2.75, 3.05) is 0 Å². The molecule has 0 saturated carbocycles. The van der Waals surface area contributed by atoms with E-state index < -0.39 is 0 Å². The number of hydrogen-bond donors (Lipinski definition) is 1. The van der Waals surface area contributed by atoms with Crippen molar-refractivity contribution in [3.05, 3.63) is 46.0 Å². The molecule has 0 atom stereocenters. The second kappa shape index (κ2) is 5.27. The molecular weight excluding hydrogens is 244 g/mol. The topological polar surface area (TPSA) is 46.0 Å². The van der Waals surface area contributed by atoms with E-state index in [9.17, 15) is 0 Å². The van der Waals surface area contributed by atoms with Crippen LogP contribution in [0, 0.1) is 11.7 Å². The summed E-state index contributed by atoms with van der Waals surface area (Å²) in [6.45, 7) is 6.18. The molecule has 2 rings (SSSR count). The zero-order chi connectivity index (χ0) is 13.1. The number of nitrogens with zero attached hydrogens (tertiary/aromatic N) is 3. The summed E-state index contributed by atoms with van der Waals surface area (Å²) in [6, 6.07) is 8.16. The van der Waals surface area contributed by atoms with E-state index in [2.05, 4.69) is 48.2 Å². The fourth-order valence-corrected chi connectivity index (χ4v) is 1.75. The maximum atomic E-state index is 5.16. The minimum absolute atomic E-state index is 0.271. The molecule has 4 nitrogen and oxygen atoms in total. The largest absolute Gasteiger partial charge is 0.250 e. The third-order valence-corrected chi connectivity index (χ3v) is 2.86. The van der Waals surface area contributed by atoms with Gasteiger partial charge in [0.25, 0.3) is 0 Å². The molecule has 18 heavy (non-hydrogen) atoms. The van der Waals surface area contributed by atoms with Gasteiger partial charge in [-0.15, -0.1) is 0 Å². The highest BCUT2D eigenvalue weighted by Gasteiger charge is 2.08. The predicted molar refractivity (Wildman–Crippen MR) is 75.7 cm³/mol. The third-order valence-electron chi connectivity index (χ3n) is 2.59. The molecule has 2 aromatic rings. The number of nitrogens with one attached hydrogen (secondary N) is 1. The zero-order valence-corrected chi connectivity index (χ0v) is 11.5. The number of H-pyrrole nitrogens is 1. The van der Waals surface area contributed by atoms with Crippen LogP contribution in [0.5, 0.6) is 0 Å². The van der Waals surface area contributed by atoms with Gasteiger partial charge in [0.15, 0.2) is 5.82 Å². The summed E-state index contributed by atoms with van der Waals surface area (Å²) in [5.74, 6) is 1.11. The van der Waals surface area contributed by atoms with Gasteiger partial charge in [0.05, 0.1) is 6.21 Å². The average molecular weight is 260 g/mol. The molecule has 0 saturated heterocycles. The number of aromatic nitrogens is 3. The third kappa shape index (κ3) is 2.73. The van der Waals surface area contributed by atoms with Gasteiger partial charge in [-0.05, 0) is 24.7 Å². The molecule has 0 fully saturated rings. The first-order valence-electron chi connectivity index (χ1n) is 5.86. The molecule has 0 aliphatic carbocycles. The lowest BCUT2D eigenvalue weighted by molar-refractivity contribution is 0.695. The number of aryl methyl sites for hydroxylation is 1. The Morgan fingerprint density at radius 3 is 2.61 bits per heavy atom. The fourth-order valence-electron chi connectivity index (χ4n) is 1.57. The molecule has 1 aromatic heterocycles. The molecule has 1 aromatic carbocycles. The first-order chi connectivity index (χ1) is 8.58. The van der Waals surface area contributed by atoms with E-state index >= 15 is 0 Å². The van der Waals surface area contributed by atoms with Crippen LogP contribution in [0.3, 0.4) is 0 Å². The first-order valence-corrected chi connectivity index (χ1v) is 6.27. The summed E-state index contributed by atoms with van der Waals surface area (Å²) in [5, 5.41) is 11.3. The number of aromatic amines is 1. The molecule has 0 aliphatic rings. The molecule has 0 unspecified atom stereocenters. The summed E-state index contributed by atoms with van der Waals surface area (Å²) in [4.78, 5) is 0. The van der Waals surface area contributed by atoms with E-state index in [-0.39, 0.29) is 5.92 Å². The second-order valence-electron chi connectivity index (χ2n) is 4.51. The van der Waals surface area contributed by atoms with Gasteiger partial charge >= 0.3 is 0 Å². The molecule has 0 radical (unpaired) electrons. The van der Waals surface area contributed by atoms with Gasteiger partial charge in [0.2, 0.25) is 4.77 Å². The maximum absolute atomic E-state index is 5.16. The minimum Gasteiger partial charge on any atom is -0.250 e. The smallest absolute Gasteiger partial charge is 0.216 e. The number of benzene rings is 1. The van der Waals surface area contributed by atoms with E-state index in [0.29, 0.717) is 4.77 Å². The molecule has 1 N–H and O–H groups in total. The van der Waals surface area contributed by atoms with Gasteiger partial charge in [0, 0.05) is 5.92 Å². The molecule has 5 heteroatoms. The lowest BCUT2D eigenvalue weighted by Gasteiger charge is -2.02. The second-order valence-corrected chi connectivity index (χ2v) is 4.90. The molecule has 94 valence electrons. The van der Waals surface area contributed by atoms with Crippen LogP contribution in [0.25, 0.3) is 0 Å². The van der Waals surface area contributed by atoms with Crippen LogP contribution in [0.15, 0.2) is 29.4 Å². The average Bonchev–Trinajstić information content (AvgIpc) is 2.70. The highest BCUT2D eigenvalue weighted by molar-refractivity contribution is 7.71. The quantitative estimate of drug-likeness (QED) is 0.680. The molecule has 0 spiro atoms. The Balaban J connectivity index is 2.31. The van der Waals surface area contributed by atoms with Crippen LogP contribution in [-0.2, 0) is 0 Å². The summed E-state index contributed by atoms with van der Waals surface area (Å²) in [5.41, 5.74) is 2.27. The van der Waals surface area contributed by atoms with Gasteiger partial charge < -0.3 is 0 Å². The zero-order valence-electron chi connectivity index (χ0n) is 10.7. The summed E-state index contributed by atoms with van der Waals surface area (Å²) >= 11 is 5.16. The lowest BCUT2D eigenvalue weighted by atomic mass is 10.2. The number of rotatable bonds is 3. The summed E-state index contributed by atoms with van der Waals surface area (Å²) in [7, 11) is 0. The van der Waals surface area contributed by atoms with E-state index in [0.717, 1.165) is 11.4 Å². The van der Waals surface area contributed by atoms with E-state index in [4.69, 9.17) is 12.2 Å². The minimum atomic E-state index is 0.271. The van der Waals surface area contributed by atoms with Crippen LogP contribution in [-0.4, -0.2) is 21.1 Å². The van der Waals surface area contributed by atoms with Crippen LogP contribution >= 0.6 is 12.2 Å². The van der Waals surface area contributed by atoms with E-state index in [1.807, 2.05) is 12.1 Å².